The lowest BCUT2D eigenvalue weighted by molar-refractivity contribution is -0.384. The minimum atomic E-state index is -0.847. The van der Waals surface area contributed by atoms with Crippen LogP contribution in [0.2, 0.25) is 0 Å². The fourth-order valence-corrected chi connectivity index (χ4v) is 2.17. The molecule has 0 aliphatic heterocycles. The summed E-state index contributed by atoms with van der Waals surface area (Å²) < 4.78 is 9.62. The van der Waals surface area contributed by atoms with Crippen LogP contribution >= 0.6 is 0 Å². The lowest BCUT2D eigenvalue weighted by Crippen LogP contribution is -2.10. The van der Waals surface area contributed by atoms with E-state index in [1.807, 2.05) is 0 Å². The maximum atomic E-state index is 11.3. The highest BCUT2D eigenvalue weighted by atomic mass is 16.7. The van der Waals surface area contributed by atoms with Gasteiger partial charge in [0.25, 0.3) is 5.69 Å². The van der Waals surface area contributed by atoms with Crippen molar-refractivity contribution in [3.8, 4) is 5.88 Å². The first-order valence-corrected chi connectivity index (χ1v) is 6.49. The van der Waals surface area contributed by atoms with Gasteiger partial charge in [0.1, 0.15) is 0 Å². The van der Waals surface area contributed by atoms with E-state index in [0.717, 1.165) is 5.52 Å². The Hall–Kier alpha value is -3.16. The molecule has 3 aromatic rings. The van der Waals surface area contributed by atoms with Gasteiger partial charge in [-0.05, 0) is 13.0 Å². The van der Waals surface area contributed by atoms with Gasteiger partial charge in [-0.2, -0.15) is 0 Å². The number of non-ortho nitro benzene ring substituents is 1. The van der Waals surface area contributed by atoms with Crippen molar-refractivity contribution < 1.29 is 19.2 Å². The highest BCUT2D eigenvalue weighted by Gasteiger charge is 2.13. The van der Waals surface area contributed by atoms with Gasteiger partial charge in [-0.3, -0.25) is 10.1 Å². The van der Waals surface area contributed by atoms with Gasteiger partial charge in [0.05, 0.1) is 23.2 Å². The molecule has 0 spiro atoms. The van der Waals surface area contributed by atoms with Gasteiger partial charge in [0.2, 0.25) is 5.88 Å². The van der Waals surface area contributed by atoms with Crippen LogP contribution in [0.1, 0.15) is 6.92 Å². The number of carbonyl (C=O) groups excluding carboxylic acids is 1. The molecular weight excluding hydrogens is 290 g/mol. The molecule has 0 aliphatic carbocycles. The Bertz CT molecular complexity index is 887. The Kier molecular flexibility index (Phi) is 3.34. The van der Waals surface area contributed by atoms with Gasteiger partial charge < -0.3 is 14.5 Å². The molecule has 0 bridgehead atoms. The molecular formula is C14H11N3O5. The fraction of sp³-hybridized carbons (Fsp3) is 0.143. The summed E-state index contributed by atoms with van der Waals surface area (Å²) in [6.07, 6.45) is 0.649. The van der Waals surface area contributed by atoms with E-state index in [4.69, 9.17) is 4.74 Å². The summed E-state index contributed by atoms with van der Waals surface area (Å²) in [5, 5.41) is 12.2. The van der Waals surface area contributed by atoms with Crippen molar-refractivity contribution in [2.45, 2.75) is 6.92 Å². The minimum Gasteiger partial charge on any atom is -0.434 e. The van der Waals surface area contributed by atoms with Crippen molar-refractivity contribution in [1.82, 2.24) is 9.97 Å². The third-order valence-electron chi connectivity index (χ3n) is 3.10. The van der Waals surface area contributed by atoms with Gasteiger partial charge in [0.15, 0.2) is 0 Å². The van der Waals surface area contributed by atoms with E-state index in [1.165, 1.54) is 24.4 Å². The summed E-state index contributed by atoms with van der Waals surface area (Å²) in [5.74, 6) is 0.0679. The summed E-state index contributed by atoms with van der Waals surface area (Å²) in [7, 11) is 0. The Labute approximate surface area is 123 Å². The molecule has 8 nitrogen and oxygen atoms in total. The quantitative estimate of drug-likeness (QED) is 0.452. The number of nitro benzene ring substituents is 1. The van der Waals surface area contributed by atoms with Crippen molar-refractivity contribution in [3.63, 3.8) is 0 Å². The van der Waals surface area contributed by atoms with E-state index in [9.17, 15) is 14.9 Å². The number of aromatic amines is 1. The van der Waals surface area contributed by atoms with Crippen molar-refractivity contribution in [2.24, 2.45) is 0 Å². The number of hydrogen-bond acceptors (Lipinski definition) is 6. The van der Waals surface area contributed by atoms with Crippen LogP contribution in [-0.2, 0) is 4.74 Å². The second-order valence-corrected chi connectivity index (χ2v) is 4.47. The van der Waals surface area contributed by atoms with Crippen LogP contribution < -0.4 is 4.74 Å². The zero-order valence-corrected chi connectivity index (χ0v) is 11.5. The maximum absolute atomic E-state index is 11.3. The Morgan fingerprint density at radius 1 is 1.32 bits per heavy atom. The molecule has 0 aliphatic rings. The summed E-state index contributed by atoms with van der Waals surface area (Å²) in [6.45, 7) is 1.86. The molecule has 0 saturated heterocycles. The van der Waals surface area contributed by atoms with Gasteiger partial charge in [0, 0.05) is 34.5 Å². The Morgan fingerprint density at radius 3 is 2.82 bits per heavy atom. The monoisotopic (exact) mass is 301 g/mol. The highest BCUT2D eigenvalue weighted by molar-refractivity contribution is 6.08. The summed E-state index contributed by atoms with van der Waals surface area (Å²) >= 11 is 0. The molecule has 0 radical (unpaired) electrons. The van der Waals surface area contributed by atoms with Crippen molar-refractivity contribution >= 4 is 33.6 Å². The van der Waals surface area contributed by atoms with Gasteiger partial charge in [-0.1, -0.05) is 0 Å². The van der Waals surface area contributed by atoms with Crippen LogP contribution in [0, 0.1) is 10.1 Å². The molecule has 3 rings (SSSR count). The van der Waals surface area contributed by atoms with Gasteiger partial charge in [-0.25, -0.2) is 9.78 Å². The number of nitrogens with zero attached hydrogens (tertiary/aromatic N) is 2. The van der Waals surface area contributed by atoms with E-state index in [0.29, 0.717) is 16.3 Å². The average Bonchev–Trinajstić information content (AvgIpc) is 2.84. The van der Waals surface area contributed by atoms with E-state index >= 15 is 0 Å². The Balaban J connectivity index is 2.09. The molecule has 0 saturated carbocycles. The average molecular weight is 301 g/mol. The SMILES string of the molecule is CCOC(=O)Oc1cc2c(cn1)[nH]c1ccc([N+](=O)[O-])cc12. The number of ether oxygens (including phenoxy) is 2. The van der Waals surface area contributed by atoms with Gasteiger partial charge in [-0.15, -0.1) is 0 Å². The van der Waals surface area contributed by atoms with Crippen LogP contribution in [0.25, 0.3) is 21.8 Å². The lowest BCUT2D eigenvalue weighted by Gasteiger charge is -2.02. The first kappa shape index (κ1) is 13.8. The van der Waals surface area contributed by atoms with Crippen LogP contribution in [0.3, 0.4) is 0 Å². The third-order valence-corrected chi connectivity index (χ3v) is 3.10. The number of benzene rings is 1. The number of rotatable bonds is 3. The predicted octanol–water partition coefficient (Wildman–Crippen LogP) is 3.16. The maximum Gasteiger partial charge on any atom is 0.515 e. The molecule has 112 valence electrons. The second-order valence-electron chi connectivity index (χ2n) is 4.47. The first-order chi connectivity index (χ1) is 10.6. The summed E-state index contributed by atoms with van der Waals surface area (Å²) in [4.78, 5) is 28.8. The highest BCUT2D eigenvalue weighted by Crippen LogP contribution is 2.30. The number of nitro groups is 1. The molecule has 2 aromatic heterocycles. The molecule has 0 atom stereocenters. The van der Waals surface area contributed by atoms with E-state index in [-0.39, 0.29) is 18.2 Å². The van der Waals surface area contributed by atoms with Crippen molar-refractivity contribution in [1.29, 1.82) is 0 Å². The van der Waals surface area contributed by atoms with Crippen molar-refractivity contribution in [3.05, 3.63) is 40.6 Å². The first-order valence-electron chi connectivity index (χ1n) is 6.49. The summed E-state index contributed by atoms with van der Waals surface area (Å²) in [6, 6.07) is 6.04. The van der Waals surface area contributed by atoms with Gasteiger partial charge >= 0.3 is 6.16 Å². The van der Waals surface area contributed by atoms with E-state index in [1.54, 1.807) is 13.0 Å². The van der Waals surface area contributed by atoms with Crippen LogP contribution in [0.5, 0.6) is 5.88 Å². The standard InChI is InChI=1S/C14H11N3O5/c1-2-21-14(18)22-13-6-10-9-5-8(17(19)20)3-4-11(9)16-12(10)7-15-13/h3-7,16H,2H2,1H3. The fourth-order valence-electron chi connectivity index (χ4n) is 2.17. The molecule has 22 heavy (non-hydrogen) atoms. The van der Waals surface area contributed by atoms with Crippen LogP contribution in [-0.4, -0.2) is 27.7 Å². The minimum absolute atomic E-state index is 0.0157. The van der Waals surface area contributed by atoms with E-state index < -0.39 is 11.1 Å². The number of carbonyl (C=O) groups is 1. The number of pyridine rings is 1. The smallest absolute Gasteiger partial charge is 0.434 e. The number of nitrogens with one attached hydrogen (secondary N) is 1. The number of aromatic nitrogens is 2. The topological polar surface area (TPSA) is 107 Å². The molecule has 1 aromatic carbocycles. The second kappa shape index (κ2) is 5.32. The molecule has 1 N–H and O–H groups in total. The van der Waals surface area contributed by atoms with Crippen LogP contribution in [0.4, 0.5) is 10.5 Å². The number of hydrogen-bond donors (Lipinski definition) is 1. The molecule has 2 heterocycles. The predicted molar refractivity (Wildman–Crippen MR) is 77.9 cm³/mol. The molecule has 8 heteroatoms. The zero-order chi connectivity index (χ0) is 15.7. The Morgan fingerprint density at radius 2 is 2.09 bits per heavy atom. The third kappa shape index (κ3) is 2.41. The molecule has 0 fully saturated rings. The number of H-pyrrole nitrogens is 1. The van der Waals surface area contributed by atoms with Crippen molar-refractivity contribution in [2.75, 3.05) is 6.61 Å². The largest absolute Gasteiger partial charge is 0.515 e. The normalized spacial score (nSPS) is 10.8. The number of fused-ring (bicyclic) bond motifs is 3. The summed E-state index contributed by atoms with van der Waals surface area (Å²) in [5.41, 5.74) is 1.40. The lowest BCUT2D eigenvalue weighted by atomic mass is 10.2. The van der Waals surface area contributed by atoms with Crippen LogP contribution in [0.15, 0.2) is 30.5 Å². The molecule has 0 amide bonds. The van der Waals surface area contributed by atoms with E-state index in [2.05, 4.69) is 14.7 Å². The molecule has 0 unspecified atom stereocenters. The zero-order valence-electron chi connectivity index (χ0n) is 11.5.